The van der Waals surface area contributed by atoms with Gasteiger partial charge in [0.1, 0.15) is 0 Å². The van der Waals surface area contributed by atoms with E-state index in [-0.39, 0.29) is 5.69 Å². The van der Waals surface area contributed by atoms with Crippen LogP contribution in [0, 0.1) is 0 Å². The van der Waals surface area contributed by atoms with Crippen LogP contribution in [0.2, 0.25) is 0 Å². The highest BCUT2D eigenvalue weighted by Gasteiger charge is 2.29. The van der Waals surface area contributed by atoms with Crippen LogP contribution >= 0.6 is 11.3 Å². The van der Waals surface area contributed by atoms with Crippen LogP contribution in [0.5, 0.6) is 0 Å². The molecule has 0 aliphatic carbocycles. The van der Waals surface area contributed by atoms with E-state index in [0.717, 1.165) is 43.5 Å². The fourth-order valence-corrected chi connectivity index (χ4v) is 5.57. The molecule has 2 fully saturated rings. The Labute approximate surface area is 168 Å². The highest BCUT2D eigenvalue weighted by molar-refractivity contribution is 7.09. The Morgan fingerprint density at radius 1 is 1.04 bits per heavy atom. The van der Waals surface area contributed by atoms with Crippen molar-refractivity contribution in [1.29, 1.82) is 0 Å². The average molecular weight is 398 g/mol. The van der Waals surface area contributed by atoms with Gasteiger partial charge in [-0.3, -0.25) is 14.5 Å². The topological polar surface area (TPSA) is 57.2 Å². The second-order valence-corrected chi connectivity index (χ2v) is 9.03. The molecule has 2 aromatic heterocycles. The second-order valence-electron chi connectivity index (χ2n) is 8.06. The van der Waals surface area contributed by atoms with Gasteiger partial charge in [0, 0.05) is 55.9 Å². The molecule has 0 saturated carbocycles. The van der Waals surface area contributed by atoms with Crippen LogP contribution in [-0.2, 0) is 6.54 Å². The van der Waals surface area contributed by atoms with E-state index in [4.69, 9.17) is 0 Å². The minimum atomic E-state index is 0.0380. The molecule has 2 saturated heterocycles. The number of thiazole rings is 1. The molecule has 148 valence electrons. The largest absolute Gasteiger partial charge is 0.326 e. The van der Waals surface area contributed by atoms with Crippen LogP contribution in [0.3, 0.4) is 0 Å². The van der Waals surface area contributed by atoms with Crippen molar-refractivity contribution in [2.24, 2.45) is 0 Å². The van der Waals surface area contributed by atoms with Crippen molar-refractivity contribution in [2.45, 2.75) is 44.3 Å². The van der Waals surface area contributed by atoms with Crippen molar-refractivity contribution in [1.82, 2.24) is 24.3 Å². The van der Waals surface area contributed by atoms with Gasteiger partial charge in [0.15, 0.2) is 0 Å². The standard InChI is InChI=1S/C21H27N5OS/c27-21-23-19-3-1-2-4-20(19)26(21)17-7-11-25(12-8-17)16-5-9-24(10-6-16)14-18-13-22-15-28-18/h1-4,13,15-17H,5-12,14H2,(H,23,27). The number of aromatic amines is 1. The lowest BCUT2D eigenvalue weighted by molar-refractivity contribution is 0.0773. The molecule has 1 N–H and O–H groups in total. The number of fused-ring (bicyclic) bond motifs is 1. The Hall–Kier alpha value is -1.96. The lowest BCUT2D eigenvalue weighted by Gasteiger charge is -2.41. The first-order chi connectivity index (χ1) is 13.8. The summed E-state index contributed by atoms with van der Waals surface area (Å²) in [5, 5.41) is 0. The predicted molar refractivity (Wildman–Crippen MR) is 113 cm³/mol. The maximum absolute atomic E-state index is 12.5. The molecule has 7 heteroatoms. The summed E-state index contributed by atoms with van der Waals surface area (Å²) in [7, 11) is 0. The monoisotopic (exact) mass is 397 g/mol. The molecule has 0 radical (unpaired) electrons. The van der Waals surface area contributed by atoms with E-state index in [0.29, 0.717) is 12.1 Å². The van der Waals surface area contributed by atoms with Gasteiger partial charge in [-0.05, 0) is 37.8 Å². The molecule has 28 heavy (non-hydrogen) atoms. The third-order valence-electron chi connectivity index (χ3n) is 6.42. The number of imidazole rings is 1. The van der Waals surface area contributed by atoms with Crippen LogP contribution in [0.4, 0.5) is 0 Å². The van der Waals surface area contributed by atoms with E-state index in [2.05, 4.69) is 25.8 Å². The van der Waals surface area contributed by atoms with Crippen molar-refractivity contribution in [2.75, 3.05) is 26.2 Å². The summed E-state index contributed by atoms with van der Waals surface area (Å²) in [6.07, 6.45) is 6.60. The zero-order valence-corrected chi connectivity index (χ0v) is 16.9. The van der Waals surface area contributed by atoms with E-state index in [1.54, 1.807) is 11.3 Å². The van der Waals surface area contributed by atoms with Crippen molar-refractivity contribution in [3.63, 3.8) is 0 Å². The Balaban J connectivity index is 1.18. The number of hydrogen-bond donors (Lipinski definition) is 1. The average Bonchev–Trinajstić information content (AvgIpc) is 3.35. The predicted octanol–water partition coefficient (Wildman–Crippen LogP) is 3.09. The summed E-state index contributed by atoms with van der Waals surface area (Å²) >= 11 is 1.75. The second kappa shape index (κ2) is 7.81. The summed E-state index contributed by atoms with van der Waals surface area (Å²) < 4.78 is 1.99. The molecule has 0 atom stereocenters. The number of piperidine rings is 2. The van der Waals surface area contributed by atoms with E-state index in [9.17, 15) is 4.79 Å². The van der Waals surface area contributed by atoms with E-state index in [1.807, 2.05) is 34.5 Å². The van der Waals surface area contributed by atoms with Gasteiger partial charge in [0.05, 0.1) is 16.5 Å². The quantitative estimate of drug-likeness (QED) is 0.735. The summed E-state index contributed by atoms with van der Waals surface area (Å²) in [6, 6.07) is 9.04. The molecule has 0 spiro atoms. The van der Waals surface area contributed by atoms with Crippen LogP contribution < -0.4 is 5.69 Å². The number of para-hydroxylation sites is 2. The SMILES string of the molecule is O=c1[nH]c2ccccc2n1C1CCN(C2CCN(Cc3cncs3)CC2)CC1. The zero-order valence-electron chi connectivity index (χ0n) is 16.1. The molecule has 3 aromatic rings. The highest BCUT2D eigenvalue weighted by atomic mass is 32.1. The molecule has 0 amide bonds. The Morgan fingerprint density at radius 3 is 2.54 bits per heavy atom. The fraction of sp³-hybridized carbons (Fsp3) is 0.524. The van der Waals surface area contributed by atoms with Crippen molar-refractivity contribution >= 4 is 22.4 Å². The molecule has 4 heterocycles. The number of rotatable bonds is 4. The lowest BCUT2D eigenvalue weighted by atomic mass is 9.97. The molecule has 0 bridgehead atoms. The first-order valence-corrected chi connectivity index (χ1v) is 11.2. The summed E-state index contributed by atoms with van der Waals surface area (Å²) in [4.78, 5) is 26.3. The number of aromatic nitrogens is 3. The summed E-state index contributed by atoms with van der Waals surface area (Å²) in [5.74, 6) is 0. The van der Waals surface area contributed by atoms with Gasteiger partial charge in [0.25, 0.3) is 0 Å². The number of nitrogens with one attached hydrogen (secondary N) is 1. The molecule has 1 aromatic carbocycles. The third-order valence-corrected chi connectivity index (χ3v) is 7.19. The molecular weight excluding hydrogens is 370 g/mol. The minimum absolute atomic E-state index is 0.0380. The maximum atomic E-state index is 12.5. The van der Waals surface area contributed by atoms with Crippen LogP contribution in [0.15, 0.2) is 40.8 Å². The number of benzene rings is 1. The van der Waals surface area contributed by atoms with Gasteiger partial charge in [-0.1, -0.05) is 12.1 Å². The number of nitrogens with zero attached hydrogens (tertiary/aromatic N) is 4. The van der Waals surface area contributed by atoms with E-state index in [1.165, 1.54) is 30.8 Å². The van der Waals surface area contributed by atoms with Gasteiger partial charge < -0.3 is 9.88 Å². The fourth-order valence-electron chi connectivity index (χ4n) is 4.93. The lowest BCUT2D eigenvalue weighted by Crippen LogP contribution is -2.48. The van der Waals surface area contributed by atoms with E-state index < -0.39 is 0 Å². The van der Waals surface area contributed by atoms with Crippen molar-refractivity contribution < 1.29 is 0 Å². The number of H-pyrrole nitrogens is 1. The molecule has 0 unspecified atom stereocenters. The van der Waals surface area contributed by atoms with Gasteiger partial charge in [-0.2, -0.15) is 0 Å². The Morgan fingerprint density at radius 2 is 1.79 bits per heavy atom. The third kappa shape index (κ3) is 3.54. The molecule has 2 aliphatic rings. The molecular formula is C21H27N5OS. The van der Waals surface area contributed by atoms with Crippen LogP contribution in [-0.4, -0.2) is 56.6 Å². The normalized spacial score (nSPS) is 20.9. The number of hydrogen-bond acceptors (Lipinski definition) is 5. The van der Waals surface area contributed by atoms with Gasteiger partial charge in [0.2, 0.25) is 0 Å². The van der Waals surface area contributed by atoms with E-state index >= 15 is 0 Å². The highest BCUT2D eigenvalue weighted by Crippen LogP contribution is 2.28. The minimum Gasteiger partial charge on any atom is -0.306 e. The van der Waals surface area contributed by atoms with Gasteiger partial charge in [-0.25, -0.2) is 4.79 Å². The van der Waals surface area contributed by atoms with Crippen LogP contribution in [0.25, 0.3) is 11.0 Å². The summed E-state index contributed by atoms with van der Waals surface area (Å²) in [5.41, 5.74) is 3.95. The first kappa shape index (κ1) is 18.1. The molecule has 2 aliphatic heterocycles. The van der Waals surface area contributed by atoms with Gasteiger partial charge >= 0.3 is 5.69 Å². The first-order valence-electron chi connectivity index (χ1n) is 10.3. The molecule has 6 nitrogen and oxygen atoms in total. The maximum Gasteiger partial charge on any atom is 0.326 e. The van der Waals surface area contributed by atoms with Crippen molar-refractivity contribution in [3.8, 4) is 0 Å². The summed E-state index contributed by atoms with van der Waals surface area (Å²) in [6.45, 7) is 5.57. The zero-order chi connectivity index (χ0) is 18.9. The Kier molecular flexibility index (Phi) is 5.05. The van der Waals surface area contributed by atoms with Gasteiger partial charge in [-0.15, -0.1) is 11.3 Å². The molecule has 5 rings (SSSR count). The number of likely N-dealkylation sites (tertiary alicyclic amines) is 2. The smallest absolute Gasteiger partial charge is 0.306 e. The van der Waals surface area contributed by atoms with Crippen molar-refractivity contribution in [3.05, 3.63) is 51.3 Å². The Bertz CT molecular complexity index is 962. The van der Waals surface area contributed by atoms with Crippen LogP contribution in [0.1, 0.15) is 36.6 Å².